The number of nitrogens with zero attached hydrogens (tertiary/aromatic N) is 1. The third kappa shape index (κ3) is 4.80. The maximum atomic E-state index is 12.7. The predicted octanol–water partition coefficient (Wildman–Crippen LogP) is 4.05. The van der Waals surface area contributed by atoms with Gasteiger partial charge in [-0.2, -0.15) is 0 Å². The zero-order valence-electron chi connectivity index (χ0n) is 14.5. The molecule has 0 spiro atoms. The Morgan fingerprint density at radius 2 is 2.00 bits per heavy atom. The van der Waals surface area contributed by atoms with Crippen LogP contribution in [0.25, 0.3) is 11.6 Å². The standard InChI is InChI=1S/C21H20N2O2S/c1-25-18-9-7-16(8-10-18)15-19(20-6-4-14-26-20)21(24)23-13-11-17-5-2-3-12-22-17/h2-10,12,14-15H,11,13H2,1H3,(H,23,24)/b19-15+. The van der Waals surface area contributed by atoms with Crippen molar-refractivity contribution in [2.75, 3.05) is 13.7 Å². The molecule has 0 unspecified atom stereocenters. The summed E-state index contributed by atoms with van der Waals surface area (Å²) in [6.45, 7) is 0.543. The summed E-state index contributed by atoms with van der Waals surface area (Å²) >= 11 is 1.55. The molecule has 0 saturated heterocycles. The van der Waals surface area contributed by atoms with Crippen LogP contribution in [0.2, 0.25) is 0 Å². The van der Waals surface area contributed by atoms with Crippen LogP contribution in [0.3, 0.4) is 0 Å². The van der Waals surface area contributed by atoms with Crippen LogP contribution < -0.4 is 10.1 Å². The van der Waals surface area contributed by atoms with Gasteiger partial charge in [0.25, 0.3) is 5.91 Å². The third-order valence-corrected chi connectivity index (χ3v) is 4.75. The van der Waals surface area contributed by atoms with Crippen LogP contribution in [0.5, 0.6) is 5.75 Å². The van der Waals surface area contributed by atoms with E-state index in [0.29, 0.717) is 18.5 Å². The van der Waals surface area contributed by atoms with Crippen molar-refractivity contribution in [3.8, 4) is 5.75 Å². The lowest BCUT2D eigenvalue weighted by atomic mass is 10.1. The number of ether oxygens (including phenoxy) is 1. The highest BCUT2D eigenvalue weighted by Crippen LogP contribution is 2.24. The minimum atomic E-state index is -0.0841. The monoisotopic (exact) mass is 364 g/mol. The van der Waals surface area contributed by atoms with Crippen LogP contribution >= 0.6 is 11.3 Å². The Kier molecular flexibility index (Phi) is 6.17. The number of hydrogen-bond donors (Lipinski definition) is 1. The number of aromatic nitrogens is 1. The van der Waals surface area contributed by atoms with Gasteiger partial charge in [-0.1, -0.05) is 24.3 Å². The van der Waals surface area contributed by atoms with E-state index in [1.54, 1.807) is 24.6 Å². The first-order valence-electron chi connectivity index (χ1n) is 8.34. The number of benzene rings is 1. The molecule has 132 valence electrons. The molecule has 0 atom stereocenters. The molecule has 0 bridgehead atoms. The van der Waals surface area contributed by atoms with Crippen LogP contribution in [0.15, 0.2) is 66.2 Å². The largest absolute Gasteiger partial charge is 0.497 e. The fraction of sp³-hybridized carbons (Fsp3) is 0.143. The molecule has 5 heteroatoms. The van der Waals surface area contributed by atoms with Crippen molar-refractivity contribution in [1.29, 1.82) is 0 Å². The maximum absolute atomic E-state index is 12.7. The van der Waals surface area contributed by atoms with Crippen molar-refractivity contribution in [3.63, 3.8) is 0 Å². The van der Waals surface area contributed by atoms with Gasteiger partial charge in [0.1, 0.15) is 5.75 Å². The third-order valence-electron chi connectivity index (χ3n) is 3.85. The van der Waals surface area contributed by atoms with Crippen LogP contribution in [0, 0.1) is 0 Å². The number of rotatable bonds is 7. The molecule has 26 heavy (non-hydrogen) atoms. The van der Waals surface area contributed by atoms with Gasteiger partial charge in [0, 0.05) is 29.7 Å². The van der Waals surface area contributed by atoms with Gasteiger partial charge >= 0.3 is 0 Å². The quantitative estimate of drug-likeness (QED) is 0.644. The summed E-state index contributed by atoms with van der Waals surface area (Å²) in [5.41, 5.74) is 2.57. The molecule has 1 amide bonds. The number of hydrogen-bond acceptors (Lipinski definition) is 4. The summed E-state index contributed by atoms with van der Waals surface area (Å²) in [4.78, 5) is 18.0. The van der Waals surface area contributed by atoms with Gasteiger partial charge in [0.15, 0.2) is 0 Å². The molecule has 0 saturated carbocycles. The second kappa shape index (κ2) is 8.97. The number of carbonyl (C=O) groups excluding carboxylic acids is 1. The van der Waals surface area contributed by atoms with Gasteiger partial charge < -0.3 is 10.1 Å². The highest BCUT2D eigenvalue weighted by molar-refractivity contribution is 7.11. The number of methoxy groups -OCH3 is 1. The Hall–Kier alpha value is -2.92. The first-order valence-corrected chi connectivity index (χ1v) is 9.22. The second-order valence-electron chi connectivity index (χ2n) is 5.64. The molecule has 0 radical (unpaired) electrons. The van der Waals surface area contributed by atoms with Gasteiger partial charge in [-0.25, -0.2) is 0 Å². The van der Waals surface area contributed by atoms with Gasteiger partial charge in [0.05, 0.1) is 12.7 Å². The van der Waals surface area contributed by atoms with E-state index in [-0.39, 0.29) is 5.91 Å². The topological polar surface area (TPSA) is 51.2 Å². The number of thiophene rings is 1. The predicted molar refractivity (Wildman–Crippen MR) is 106 cm³/mol. The molecule has 0 aliphatic rings. The van der Waals surface area contributed by atoms with Crippen LogP contribution in [-0.2, 0) is 11.2 Å². The van der Waals surface area contributed by atoms with Crippen LogP contribution in [0.4, 0.5) is 0 Å². The van der Waals surface area contributed by atoms with Crippen molar-refractivity contribution in [2.24, 2.45) is 0 Å². The Labute approximate surface area is 157 Å². The Morgan fingerprint density at radius 1 is 1.15 bits per heavy atom. The van der Waals surface area contributed by atoms with E-state index < -0.39 is 0 Å². The Bertz CT molecular complexity index is 857. The Balaban J connectivity index is 1.73. The normalized spacial score (nSPS) is 11.2. The summed E-state index contributed by atoms with van der Waals surface area (Å²) in [6.07, 6.45) is 4.37. The molecule has 3 aromatic rings. The maximum Gasteiger partial charge on any atom is 0.252 e. The first kappa shape index (κ1) is 17.9. The van der Waals surface area contributed by atoms with Crippen molar-refractivity contribution >= 4 is 28.9 Å². The summed E-state index contributed by atoms with van der Waals surface area (Å²) < 4.78 is 5.19. The molecule has 3 rings (SSSR count). The van der Waals surface area contributed by atoms with Crippen molar-refractivity contribution in [2.45, 2.75) is 6.42 Å². The summed E-state index contributed by atoms with van der Waals surface area (Å²) in [5.74, 6) is 0.707. The van der Waals surface area contributed by atoms with E-state index in [1.165, 1.54) is 0 Å². The van der Waals surface area contributed by atoms with E-state index in [0.717, 1.165) is 21.9 Å². The number of pyridine rings is 1. The van der Waals surface area contributed by atoms with Gasteiger partial charge in [0.2, 0.25) is 0 Å². The average Bonchev–Trinajstić information content (AvgIpc) is 3.22. The molecule has 1 N–H and O–H groups in total. The number of carbonyl (C=O) groups is 1. The SMILES string of the molecule is COc1ccc(/C=C(/C(=O)NCCc2ccccn2)c2cccs2)cc1. The van der Waals surface area contributed by atoms with Gasteiger partial charge in [-0.3, -0.25) is 9.78 Å². The minimum absolute atomic E-state index is 0.0841. The summed E-state index contributed by atoms with van der Waals surface area (Å²) in [6, 6.07) is 17.3. The highest BCUT2D eigenvalue weighted by Gasteiger charge is 2.13. The second-order valence-corrected chi connectivity index (χ2v) is 6.58. The molecular weight excluding hydrogens is 344 g/mol. The number of nitrogens with one attached hydrogen (secondary N) is 1. The van der Waals surface area contributed by atoms with Crippen LogP contribution in [-0.4, -0.2) is 24.5 Å². The molecule has 2 heterocycles. The molecule has 0 fully saturated rings. The molecule has 1 aromatic carbocycles. The fourth-order valence-corrected chi connectivity index (χ4v) is 3.23. The van der Waals surface area contributed by atoms with E-state index in [2.05, 4.69) is 10.3 Å². The lowest BCUT2D eigenvalue weighted by Crippen LogP contribution is -2.26. The fourth-order valence-electron chi connectivity index (χ4n) is 2.49. The first-order chi connectivity index (χ1) is 12.8. The lowest BCUT2D eigenvalue weighted by molar-refractivity contribution is -0.115. The molecule has 0 aliphatic heterocycles. The Morgan fingerprint density at radius 3 is 2.65 bits per heavy atom. The summed E-state index contributed by atoms with van der Waals surface area (Å²) in [7, 11) is 1.64. The zero-order chi connectivity index (χ0) is 18.2. The van der Waals surface area contributed by atoms with E-state index >= 15 is 0 Å². The number of amides is 1. The lowest BCUT2D eigenvalue weighted by Gasteiger charge is -2.08. The zero-order valence-corrected chi connectivity index (χ0v) is 15.3. The van der Waals surface area contributed by atoms with E-state index in [4.69, 9.17) is 4.74 Å². The summed E-state index contributed by atoms with van der Waals surface area (Å²) in [5, 5.41) is 4.97. The smallest absolute Gasteiger partial charge is 0.252 e. The molecule has 2 aromatic heterocycles. The van der Waals surface area contributed by atoms with Crippen molar-refractivity contribution in [3.05, 3.63) is 82.3 Å². The molecule has 4 nitrogen and oxygen atoms in total. The average molecular weight is 364 g/mol. The van der Waals surface area contributed by atoms with E-state index in [1.807, 2.05) is 66.1 Å². The van der Waals surface area contributed by atoms with E-state index in [9.17, 15) is 4.79 Å². The minimum Gasteiger partial charge on any atom is -0.497 e. The van der Waals surface area contributed by atoms with Gasteiger partial charge in [-0.05, 0) is 47.4 Å². The van der Waals surface area contributed by atoms with Crippen LogP contribution in [0.1, 0.15) is 16.1 Å². The highest BCUT2D eigenvalue weighted by atomic mass is 32.1. The van der Waals surface area contributed by atoms with Crippen molar-refractivity contribution in [1.82, 2.24) is 10.3 Å². The van der Waals surface area contributed by atoms with Gasteiger partial charge in [-0.15, -0.1) is 11.3 Å². The molecule has 0 aliphatic carbocycles. The van der Waals surface area contributed by atoms with Crippen molar-refractivity contribution < 1.29 is 9.53 Å². The molecular formula is C21H20N2O2S.